The molecule has 0 unspecified atom stereocenters. The summed E-state index contributed by atoms with van der Waals surface area (Å²) in [5.74, 6) is 3.12. The number of ether oxygens (including phenoxy) is 1. The lowest BCUT2D eigenvalue weighted by atomic mass is 9.70. The predicted molar refractivity (Wildman–Crippen MR) is 118 cm³/mol. The van der Waals surface area contributed by atoms with Crippen molar-refractivity contribution in [3.8, 4) is 5.75 Å². The van der Waals surface area contributed by atoms with Gasteiger partial charge in [0.05, 0.1) is 7.11 Å². The molecule has 28 heavy (non-hydrogen) atoms. The molecule has 3 rings (SSSR count). The molecule has 1 saturated heterocycles. The molecule has 0 aliphatic carbocycles. The Morgan fingerprint density at radius 2 is 1.68 bits per heavy atom. The van der Waals surface area contributed by atoms with E-state index in [-0.39, 0.29) is 0 Å². The van der Waals surface area contributed by atoms with Crippen LogP contribution < -0.4 is 10.1 Å². The number of benzene rings is 2. The molecule has 1 aliphatic heterocycles. The zero-order chi connectivity index (χ0) is 19.9. The van der Waals surface area contributed by atoms with E-state index in [1.165, 1.54) is 30.5 Å². The van der Waals surface area contributed by atoms with E-state index in [1.54, 1.807) is 7.11 Å². The van der Waals surface area contributed by atoms with Gasteiger partial charge in [0.2, 0.25) is 0 Å². The molecular weight excluding hydrogens is 344 g/mol. The van der Waals surface area contributed by atoms with E-state index >= 15 is 0 Å². The van der Waals surface area contributed by atoms with Gasteiger partial charge in [-0.05, 0) is 74.4 Å². The Balaban J connectivity index is 1.57. The summed E-state index contributed by atoms with van der Waals surface area (Å²) in [6.07, 6.45) is 2.42. The first-order valence-electron chi connectivity index (χ1n) is 10.7. The van der Waals surface area contributed by atoms with Crippen molar-refractivity contribution in [2.24, 2.45) is 17.8 Å². The molecule has 0 spiro atoms. The van der Waals surface area contributed by atoms with Crippen molar-refractivity contribution in [2.75, 3.05) is 27.2 Å². The Morgan fingerprint density at radius 1 is 0.964 bits per heavy atom. The van der Waals surface area contributed by atoms with Crippen LogP contribution >= 0.6 is 0 Å². The van der Waals surface area contributed by atoms with Crippen LogP contribution in [0.15, 0.2) is 54.6 Å². The van der Waals surface area contributed by atoms with E-state index in [0.717, 1.165) is 30.7 Å². The second-order valence-electron chi connectivity index (χ2n) is 8.49. The Bertz CT molecular complexity index is 700. The first-order valence-corrected chi connectivity index (χ1v) is 10.7. The fourth-order valence-electron chi connectivity index (χ4n) is 4.81. The third kappa shape index (κ3) is 5.36. The average molecular weight is 381 g/mol. The number of nitrogens with one attached hydrogen (secondary N) is 1. The lowest BCUT2D eigenvalue weighted by Crippen LogP contribution is -2.50. The highest BCUT2D eigenvalue weighted by Crippen LogP contribution is 2.36. The molecule has 0 bridgehead atoms. The Hall–Kier alpha value is -1.84. The largest absolute Gasteiger partial charge is 0.497 e. The summed E-state index contributed by atoms with van der Waals surface area (Å²) in [4.78, 5) is 2.56. The SMILES string of the molecule is COc1ccc(CNCC[C@H]2[C@H](Cc3ccccc3)[C@H](C)N(C)C[C@H]2C)cc1. The van der Waals surface area contributed by atoms with Gasteiger partial charge < -0.3 is 15.0 Å². The summed E-state index contributed by atoms with van der Waals surface area (Å²) in [5.41, 5.74) is 2.78. The zero-order valence-corrected chi connectivity index (χ0v) is 17.9. The monoisotopic (exact) mass is 380 g/mol. The van der Waals surface area contributed by atoms with Crippen molar-refractivity contribution in [3.63, 3.8) is 0 Å². The first-order chi connectivity index (χ1) is 13.6. The van der Waals surface area contributed by atoms with Crippen LogP contribution in [0.25, 0.3) is 0 Å². The van der Waals surface area contributed by atoms with Crippen molar-refractivity contribution in [2.45, 2.75) is 39.3 Å². The molecule has 0 amide bonds. The fourth-order valence-corrected chi connectivity index (χ4v) is 4.81. The summed E-state index contributed by atoms with van der Waals surface area (Å²) in [6.45, 7) is 8.05. The number of methoxy groups -OCH3 is 1. The third-order valence-corrected chi connectivity index (χ3v) is 6.63. The number of likely N-dealkylation sites (tertiary alicyclic amines) is 1. The minimum atomic E-state index is 0.628. The van der Waals surface area contributed by atoms with Crippen LogP contribution in [0.3, 0.4) is 0 Å². The maximum Gasteiger partial charge on any atom is 0.118 e. The van der Waals surface area contributed by atoms with E-state index in [9.17, 15) is 0 Å². The standard InChI is InChI=1S/C25H36N2O/c1-19-18-27(3)20(2)25(16-21-8-6-5-7-9-21)24(19)14-15-26-17-22-10-12-23(28-4)13-11-22/h5-13,19-20,24-26H,14-18H2,1-4H3/t19-,20+,24-,25-/m1/s1. The van der Waals surface area contributed by atoms with Gasteiger partial charge in [-0.3, -0.25) is 0 Å². The molecule has 2 aromatic rings. The molecule has 152 valence electrons. The molecule has 4 atom stereocenters. The average Bonchev–Trinajstić information content (AvgIpc) is 2.72. The number of rotatable bonds is 8. The zero-order valence-electron chi connectivity index (χ0n) is 17.9. The van der Waals surface area contributed by atoms with Crippen LogP contribution in [0, 0.1) is 17.8 Å². The maximum atomic E-state index is 5.24. The molecular formula is C25H36N2O. The molecule has 1 fully saturated rings. The molecule has 3 nitrogen and oxygen atoms in total. The van der Waals surface area contributed by atoms with Gasteiger partial charge in [0.1, 0.15) is 5.75 Å². The van der Waals surface area contributed by atoms with Gasteiger partial charge >= 0.3 is 0 Å². The van der Waals surface area contributed by atoms with E-state index < -0.39 is 0 Å². The summed E-state index contributed by atoms with van der Waals surface area (Å²) >= 11 is 0. The Labute approximate surface area is 171 Å². The minimum absolute atomic E-state index is 0.628. The van der Waals surface area contributed by atoms with Crippen LogP contribution in [0.2, 0.25) is 0 Å². The molecule has 2 aromatic carbocycles. The lowest BCUT2D eigenvalue weighted by Gasteiger charge is -2.46. The summed E-state index contributed by atoms with van der Waals surface area (Å²) in [7, 11) is 4.00. The van der Waals surface area contributed by atoms with Crippen molar-refractivity contribution in [1.82, 2.24) is 10.2 Å². The maximum absolute atomic E-state index is 5.24. The van der Waals surface area contributed by atoms with Crippen LogP contribution in [0.5, 0.6) is 5.75 Å². The molecule has 0 radical (unpaired) electrons. The van der Waals surface area contributed by atoms with Crippen molar-refractivity contribution >= 4 is 0 Å². The minimum Gasteiger partial charge on any atom is -0.497 e. The molecule has 1 heterocycles. The Morgan fingerprint density at radius 3 is 2.36 bits per heavy atom. The van der Waals surface area contributed by atoms with Crippen LogP contribution in [0.4, 0.5) is 0 Å². The quantitative estimate of drug-likeness (QED) is 0.676. The van der Waals surface area contributed by atoms with E-state index in [1.807, 2.05) is 12.1 Å². The van der Waals surface area contributed by atoms with Gasteiger partial charge in [-0.15, -0.1) is 0 Å². The second kappa shape index (κ2) is 10.1. The van der Waals surface area contributed by atoms with Gasteiger partial charge in [0.25, 0.3) is 0 Å². The molecule has 3 heteroatoms. The Kier molecular flexibility index (Phi) is 7.52. The molecule has 1 aliphatic rings. The van der Waals surface area contributed by atoms with E-state index in [4.69, 9.17) is 4.74 Å². The van der Waals surface area contributed by atoms with E-state index in [2.05, 4.69) is 73.6 Å². The summed E-state index contributed by atoms with van der Waals surface area (Å²) < 4.78 is 5.24. The van der Waals surface area contributed by atoms with Crippen molar-refractivity contribution < 1.29 is 4.74 Å². The van der Waals surface area contributed by atoms with Crippen LogP contribution in [0.1, 0.15) is 31.4 Å². The first kappa shape index (κ1) is 20.9. The number of hydrogen-bond acceptors (Lipinski definition) is 3. The number of nitrogens with zero attached hydrogens (tertiary/aromatic N) is 1. The van der Waals surface area contributed by atoms with Gasteiger partial charge in [-0.2, -0.15) is 0 Å². The van der Waals surface area contributed by atoms with Gasteiger partial charge in [-0.25, -0.2) is 0 Å². The highest BCUT2D eigenvalue weighted by Gasteiger charge is 2.37. The molecule has 0 aromatic heterocycles. The fraction of sp³-hybridized carbons (Fsp3) is 0.520. The molecule has 1 N–H and O–H groups in total. The van der Waals surface area contributed by atoms with Gasteiger partial charge in [0, 0.05) is 19.1 Å². The van der Waals surface area contributed by atoms with E-state index in [0.29, 0.717) is 12.0 Å². The van der Waals surface area contributed by atoms with Crippen LogP contribution in [-0.2, 0) is 13.0 Å². The van der Waals surface area contributed by atoms with Gasteiger partial charge in [-0.1, -0.05) is 49.4 Å². The van der Waals surface area contributed by atoms with Crippen molar-refractivity contribution in [3.05, 3.63) is 65.7 Å². The second-order valence-corrected chi connectivity index (χ2v) is 8.49. The molecule has 0 saturated carbocycles. The number of hydrogen-bond donors (Lipinski definition) is 1. The highest BCUT2D eigenvalue weighted by atomic mass is 16.5. The normalized spacial score (nSPS) is 25.6. The lowest BCUT2D eigenvalue weighted by molar-refractivity contribution is 0.0320. The number of piperidine rings is 1. The predicted octanol–water partition coefficient (Wildman–Crippen LogP) is 4.62. The topological polar surface area (TPSA) is 24.5 Å². The van der Waals surface area contributed by atoms with Crippen LogP contribution in [-0.4, -0.2) is 38.2 Å². The summed E-state index contributed by atoms with van der Waals surface area (Å²) in [5, 5.41) is 3.66. The third-order valence-electron chi connectivity index (χ3n) is 6.63. The van der Waals surface area contributed by atoms with Crippen molar-refractivity contribution in [1.29, 1.82) is 0 Å². The van der Waals surface area contributed by atoms with Gasteiger partial charge in [0.15, 0.2) is 0 Å². The summed E-state index contributed by atoms with van der Waals surface area (Å²) in [6, 6.07) is 20.0. The smallest absolute Gasteiger partial charge is 0.118 e. The highest BCUT2D eigenvalue weighted by molar-refractivity contribution is 5.27.